The highest BCUT2D eigenvalue weighted by atomic mass is 19.3. The number of ether oxygens (including phenoxy) is 1. The summed E-state index contributed by atoms with van der Waals surface area (Å²) >= 11 is 0. The van der Waals surface area contributed by atoms with Crippen molar-refractivity contribution in [3.8, 4) is 0 Å². The van der Waals surface area contributed by atoms with Crippen LogP contribution in [0.25, 0.3) is 0 Å². The topological polar surface area (TPSA) is 9.23 Å². The van der Waals surface area contributed by atoms with E-state index in [0.29, 0.717) is 0 Å². The van der Waals surface area contributed by atoms with E-state index in [0.717, 1.165) is 0 Å². The normalized spacial score (nSPS) is 15.4. The minimum Gasteiger partial charge on any atom is -0.418 e. The minimum atomic E-state index is -6.45. The summed E-state index contributed by atoms with van der Waals surface area (Å²) in [5.41, 5.74) is 0. The third kappa shape index (κ3) is 3.15. The van der Waals surface area contributed by atoms with E-state index < -0.39 is 48.6 Å². The van der Waals surface area contributed by atoms with E-state index in [1.807, 2.05) is 0 Å². The van der Waals surface area contributed by atoms with Crippen LogP contribution in [0.15, 0.2) is 24.0 Å². The van der Waals surface area contributed by atoms with E-state index in [9.17, 15) is 48.3 Å². The van der Waals surface area contributed by atoms with E-state index >= 15 is 0 Å². The smallest absolute Gasteiger partial charge is 0.383 e. The first-order chi connectivity index (χ1) is 8.68. The summed E-state index contributed by atoms with van der Waals surface area (Å²) in [7, 11) is 0. The molecule has 0 spiro atoms. The van der Waals surface area contributed by atoms with E-state index in [4.69, 9.17) is 0 Å². The lowest BCUT2D eigenvalue weighted by atomic mass is 10.0. The van der Waals surface area contributed by atoms with Gasteiger partial charge in [-0.05, 0) is 0 Å². The van der Waals surface area contributed by atoms with Crippen LogP contribution in [0.2, 0.25) is 0 Å². The summed E-state index contributed by atoms with van der Waals surface area (Å²) in [6, 6.07) is -3.54. The van der Waals surface area contributed by atoms with Crippen molar-refractivity contribution in [3.05, 3.63) is 24.0 Å². The summed E-state index contributed by atoms with van der Waals surface area (Å²) in [4.78, 5) is 0. The Morgan fingerprint density at radius 1 is 0.750 bits per heavy atom. The monoisotopic (exact) mass is 324 g/mol. The van der Waals surface area contributed by atoms with Crippen LogP contribution in [0.4, 0.5) is 48.3 Å². The number of halogens is 11. The Morgan fingerprint density at radius 3 is 1.40 bits per heavy atom. The van der Waals surface area contributed by atoms with Gasteiger partial charge in [-0.3, -0.25) is 0 Å². The lowest BCUT2D eigenvalue weighted by Crippen LogP contribution is -2.58. The molecule has 0 aliphatic rings. The Morgan fingerprint density at radius 2 is 1.15 bits per heavy atom. The van der Waals surface area contributed by atoms with Gasteiger partial charge in [0.1, 0.15) is 0 Å². The molecule has 0 rings (SSSR count). The second kappa shape index (κ2) is 5.48. The Hall–Kier alpha value is -1.49. The van der Waals surface area contributed by atoms with Crippen molar-refractivity contribution in [2.45, 2.75) is 24.6 Å². The number of hydrogen-bond acceptors (Lipinski definition) is 1. The van der Waals surface area contributed by atoms with Gasteiger partial charge in [0.15, 0.2) is 0 Å². The fourth-order valence-corrected chi connectivity index (χ4v) is 0.851. The predicted molar refractivity (Wildman–Crippen MR) is 41.2 cm³/mol. The van der Waals surface area contributed by atoms with Crippen LogP contribution < -0.4 is 0 Å². The second-order valence-electron chi connectivity index (χ2n) is 3.27. The lowest BCUT2D eigenvalue weighted by molar-refractivity contribution is -0.344. The SMILES string of the molecule is CC(F)(F)C(F)(OC(F)=C(F)F)C(F)(F)C(F)=C(F)F. The van der Waals surface area contributed by atoms with Crippen molar-refractivity contribution in [1.82, 2.24) is 0 Å². The Labute approximate surface area is 103 Å². The minimum absolute atomic E-state index is 0.742. The van der Waals surface area contributed by atoms with Crippen LogP contribution >= 0.6 is 0 Å². The molecule has 0 N–H and O–H groups in total. The molecule has 0 aromatic rings. The third-order valence-corrected chi connectivity index (χ3v) is 1.79. The van der Waals surface area contributed by atoms with Crippen LogP contribution in [0.5, 0.6) is 0 Å². The maximum atomic E-state index is 13.4. The summed E-state index contributed by atoms with van der Waals surface area (Å²) in [5, 5.41) is 0. The molecule has 1 unspecified atom stereocenters. The second-order valence-corrected chi connectivity index (χ2v) is 3.27. The van der Waals surface area contributed by atoms with Crippen molar-refractivity contribution in [2.75, 3.05) is 0 Å². The summed E-state index contributed by atoms with van der Waals surface area (Å²) in [6.07, 6.45) is -7.56. The molecule has 1 nitrogen and oxygen atoms in total. The first-order valence-corrected chi connectivity index (χ1v) is 4.24. The molecule has 0 saturated heterocycles. The van der Waals surface area contributed by atoms with Gasteiger partial charge in [-0.25, -0.2) is 0 Å². The van der Waals surface area contributed by atoms with Crippen LogP contribution in [0.1, 0.15) is 6.92 Å². The van der Waals surface area contributed by atoms with Gasteiger partial charge in [-0.2, -0.15) is 48.3 Å². The highest BCUT2D eigenvalue weighted by Crippen LogP contribution is 2.51. The number of rotatable bonds is 5. The molecular weight excluding hydrogens is 321 g/mol. The molecular formula is C8H3F11O. The molecule has 0 fully saturated rings. The van der Waals surface area contributed by atoms with E-state index in [1.165, 1.54) is 0 Å². The molecule has 0 aliphatic carbocycles. The molecule has 0 radical (unpaired) electrons. The van der Waals surface area contributed by atoms with Crippen molar-refractivity contribution >= 4 is 0 Å². The van der Waals surface area contributed by atoms with Crippen molar-refractivity contribution in [1.29, 1.82) is 0 Å². The molecule has 0 saturated carbocycles. The van der Waals surface area contributed by atoms with Crippen LogP contribution in [0, 0.1) is 0 Å². The highest BCUT2D eigenvalue weighted by Gasteiger charge is 2.74. The largest absolute Gasteiger partial charge is 0.418 e. The molecule has 12 heteroatoms. The summed E-state index contributed by atoms with van der Waals surface area (Å²) in [5.74, 6) is -22.2. The van der Waals surface area contributed by atoms with Crippen LogP contribution in [0.3, 0.4) is 0 Å². The van der Waals surface area contributed by atoms with Gasteiger partial charge in [0.2, 0.25) is 5.83 Å². The highest BCUT2D eigenvalue weighted by molar-refractivity contribution is 5.15. The molecule has 118 valence electrons. The quantitative estimate of drug-likeness (QED) is 0.507. The van der Waals surface area contributed by atoms with Gasteiger partial charge in [0.25, 0.3) is 0 Å². The maximum Gasteiger partial charge on any atom is 0.383 e. The van der Waals surface area contributed by atoms with Gasteiger partial charge >= 0.3 is 35.9 Å². The predicted octanol–water partition coefficient (Wildman–Crippen LogP) is 5.07. The van der Waals surface area contributed by atoms with Gasteiger partial charge in [0.05, 0.1) is 0 Å². The fourth-order valence-electron chi connectivity index (χ4n) is 0.851. The van der Waals surface area contributed by atoms with Crippen molar-refractivity contribution < 1.29 is 53.0 Å². The lowest BCUT2D eigenvalue weighted by Gasteiger charge is -2.35. The molecule has 0 heterocycles. The van der Waals surface area contributed by atoms with E-state index in [-0.39, 0.29) is 0 Å². The molecule has 0 amide bonds. The molecule has 0 aromatic heterocycles. The Kier molecular flexibility index (Phi) is 5.07. The molecule has 0 aromatic carbocycles. The average Bonchev–Trinajstić information content (AvgIpc) is 2.25. The standard InChI is InChI=1S/C8H3F11O/c1-6(15,16)8(19,20-5(14)4(12)13)7(17,18)2(9)3(10)11/h1H3. The zero-order chi connectivity index (χ0) is 16.5. The van der Waals surface area contributed by atoms with Crippen LogP contribution in [-0.2, 0) is 4.74 Å². The number of alkyl halides is 5. The Bertz CT molecular complexity index is 426. The van der Waals surface area contributed by atoms with Crippen molar-refractivity contribution in [2.24, 2.45) is 0 Å². The zero-order valence-corrected chi connectivity index (χ0v) is 9.07. The first kappa shape index (κ1) is 18.5. The average molecular weight is 324 g/mol. The van der Waals surface area contributed by atoms with Crippen LogP contribution in [-0.4, -0.2) is 17.7 Å². The Balaban J connectivity index is 6.08. The first-order valence-electron chi connectivity index (χ1n) is 4.24. The zero-order valence-electron chi connectivity index (χ0n) is 9.07. The molecule has 0 aliphatic heterocycles. The van der Waals surface area contributed by atoms with Gasteiger partial charge in [0, 0.05) is 6.92 Å². The summed E-state index contributed by atoms with van der Waals surface area (Å²) in [6.45, 7) is -0.742. The number of hydrogen-bond donors (Lipinski definition) is 0. The maximum absolute atomic E-state index is 13.4. The van der Waals surface area contributed by atoms with E-state index in [2.05, 4.69) is 4.74 Å². The molecule has 20 heavy (non-hydrogen) atoms. The molecule has 1 atom stereocenters. The summed E-state index contributed by atoms with van der Waals surface area (Å²) < 4.78 is 138. The van der Waals surface area contributed by atoms with Gasteiger partial charge in [-0.1, -0.05) is 0 Å². The van der Waals surface area contributed by atoms with Gasteiger partial charge < -0.3 is 4.74 Å². The van der Waals surface area contributed by atoms with Crippen molar-refractivity contribution in [3.63, 3.8) is 0 Å². The van der Waals surface area contributed by atoms with E-state index in [1.54, 1.807) is 0 Å². The fraction of sp³-hybridized carbons (Fsp3) is 0.500. The third-order valence-electron chi connectivity index (χ3n) is 1.79. The van der Waals surface area contributed by atoms with Gasteiger partial charge in [-0.15, -0.1) is 0 Å². The molecule has 0 bridgehead atoms.